The van der Waals surface area contributed by atoms with Crippen molar-refractivity contribution in [2.24, 2.45) is 0 Å². The Hall–Kier alpha value is -1.73. The smallest absolute Gasteiger partial charge is 0.327 e. The molecule has 26 heavy (non-hydrogen) atoms. The Kier molecular flexibility index (Phi) is 6.09. The van der Waals surface area contributed by atoms with Crippen LogP contribution >= 0.6 is 23.4 Å². The Morgan fingerprint density at radius 1 is 1.15 bits per heavy atom. The summed E-state index contributed by atoms with van der Waals surface area (Å²) in [7, 11) is 0. The number of hydrogen-bond acceptors (Lipinski definition) is 4. The fraction of sp³-hybridized carbons (Fsp3) is 0.500. The number of halogens is 1. The van der Waals surface area contributed by atoms with Crippen LogP contribution in [0.15, 0.2) is 24.3 Å². The highest BCUT2D eigenvalue weighted by molar-refractivity contribution is 7.99. The molecule has 0 spiro atoms. The maximum atomic E-state index is 12.8. The molecule has 0 saturated carbocycles. The van der Waals surface area contributed by atoms with Crippen molar-refractivity contribution >= 4 is 41.2 Å². The van der Waals surface area contributed by atoms with Gasteiger partial charge in [0.2, 0.25) is 0 Å². The number of amides is 4. The van der Waals surface area contributed by atoms with E-state index >= 15 is 0 Å². The minimum Gasteiger partial charge on any atom is -0.333 e. The van der Waals surface area contributed by atoms with Gasteiger partial charge in [-0.2, -0.15) is 11.8 Å². The van der Waals surface area contributed by atoms with E-state index in [0.29, 0.717) is 26.2 Å². The number of thioether (sulfide) groups is 1. The number of urea groups is 1. The maximum Gasteiger partial charge on any atom is 0.327 e. The lowest BCUT2D eigenvalue weighted by atomic mass is 10.1. The molecule has 4 amide bonds. The highest BCUT2D eigenvalue weighted by atomic mass is 35.5. The van der Waals surface area contributed by atoms with Crippen molar-refractivity contribution in [2.45, 2.75) is 18.6 Å². The monoisotopic (exact) mass is 395 g/mol. The molecule has 0 bridgehead atoms. The number of rotatable bonds is 2. The van der Waals surface area contributed by atoms with E-state index < -0.39 is 11.8 Å². The number of imide groups is 1. The second kappa shape index (κ2) is 8.31. The molecule has 8 heteroatoms. The van der Waals surface area contributed by atoms with Crippen LogP contribution in [-0.4, -0.2) is 71.0 Å². The number of carbonyl (C=O) groups excluding carboxylic acids is 3. The zero-order valence-corrected chi connectivity index (χ0v) is 16.3. The van der Waals surface area contributed by atoms with Crippen LogP contribution in [0, 0.1) is 0 Å². The van der Waals surface area contributed by atoms with Gasteiger partial charge in [0, 0.05) is 48.7 Å². The standard InChI is InChI=1S/C18H22ClN3O3S/c1-2-20-9-10-22(17(24)16(20)23)18(25)21-8-7-15(26-12-11-21)13-5-3-4-6-14(13)19/h3-6,15H,2,7-12H2,1H3/t15-/m1/s1. The SMILES string of the molecule is CCN1CCN(C(=O)N2CCS[C@@H](c3ccccc3Cl)CC2)C(=O)C1=O. The predicted molar refractivity (Wildman–Crippen MR) is 102 cm³/mol. The first kappa shape index (κ1) is 19.0. The molecule has 0 unspecified atom stereocenters. The van der Waals surface area contributed by atoms with Crippen molar-refractivity contribution in [3.05, 3.63) is 34.9 Å². The first-order valence-electron chi connectivity index (χ1n) is 8.78. The Morgan fingerprint density at radius 3 is 2.65 bits per heavy atom. The highest BCUT2D eigenvalue weighted by Crippen LogP contribution is 2.37. The average molecular weight is 396 g/mol. The van der Waals surface area contributed by atoms with E-state index in [4.69, 9.17) is 11.6 Å². The number of likely N-dealkylation sites (N-methyl/N-ethyl adjacent to an activating group) is 1. The normalized spacial score (nSPS) is 21.8. The van der Waals surface area contributed by atoms with Crippen LogP contribution in [0.4, 0.5) is 4.79 Å². The molecule has 0 aromatic heterocycles. The lowest BCUT2D eigenvalue weighted by Crippen LogP contribution is -2.58. The molecule has 2 aliphatic heterocycles. The van der Waals surface area contributed by atoms with Crippen molar-refractivity contribution in [1.82, 2.24) is 14.7 Å². The van der Waals surface area contributed by atoms with Crippen LogP contribution in [-0.2, 0) is 9.59 Å². The quantitative estimate of drug-likeness (QED) is 0.722. The fourth-order valence-electron chi connectivity index (χ4n) is 3.28. The van der Waals surface area contributed by atoms with Gasteiger partial charge in [-0.25, -0.2) is 4.79 Å². The molecule has 2 fully saturated rings. The van der Waals surface area contributed by atoms with Crippen LogP contribution in [0.2, 0.25) is 5.02 Å². The van der Waals surface area contributed by atoms with Gasteiger partial charge in [-0.1, -0.05) is 29.8 Å². The molecule has 2 aliphatic rings. The van der Waals surface area contributed by atoms with E-state index in [1.165, 1.54) is 4.90 Å². The van der Waals surface area contributed by atoms with Crippen molar-refractivity contribution in [2.75, 3.05) is 38.5 Å². The third kappa shape index (κ3) is 3.83. The summed E-state index contributed by atoms with van der Waals surface area (Å²) in [5.41, 5.74) is 1.08. The molecule has 3 rings (SSSR count). The summed E-state index contributed by atoms with van der Waals surface area (Å²) < 4.78 is 0. The second-order valence-corrected chi connectivity index (χ2v) is 8.00. The number of hydrogen-bond donors (Lipinski definition) is 0. The summed E-state index contributed by atoms with van der Waals surface area (Å²) in [5, 5.41) is 0.956. The zero-order valence-electron chi connectivity index (χ0n) is 14.7. The van der Waals surface area contributed by atoms with Crippen molar-refractivity contribution in [3.63, 3.8) is 0 Å². The van der Waals surface area contributed by atoms with Crippen LogP contribution in [0.3, 0.4) is 0 Å². The molecule has 140 valence electrons. The molecular weight excluding hydrogens is 374 g/mol. The molecule has 2 heterocycles. The maximum absolute atomic E-state index is 12.8. The largest absolute Gasteiger partial charge is 0.333 e. The lowest BCUT2D eigenvalue weighted by Gasteiger charge is -2.34. The van der Waals surface area contributed by atoms with E-state index in [9.17, 15) is 14.4 Å². The van der Waals surface area contributed by atoms with Gasteiger partial charge in [0.1, 0.15) is 0 Å². The molecule has 1 aromatic rings. The second-order valence-electron chi connectivity index (χ2n) is 6.28. The van der Waals surface area contributed by atoms with Crippen LogP contribution in [0.5, 0.6) is 0 Å². The van der Waals surface area contributed by atoms with Gasteiger partial charge >= 0.3 is 17.8 Å². The molecule has 0 radical (unpaired) electrons. The molecule has 0 aliphatic carbocycles. The van der Waals surface area contributed by atoms with Gasteiger partial charge in [0.25, 0.3) is 0 Å². The van der Waals surface area contributed by atoms with E-state index in [1.807, 2.05) is 31.2 Å². The average Bonchev–Trinajstić information content (AvgIpc) is 2.90. The van der Waals surface area contributed by atoms with E-state index in [1.54, 1.807) is 16.7 Å². The summed E-state index contributed by atoms with van der Waals surface area (Å²) in [5.74, 6) is -0.550. The Balaban J connectivity index is 1.66. The third-order valence-electron chi connectivity index (χ3n) is 4.79. The molecule has 2 saturated heterocycles. The van der Waals surface area contributed by atoms with Crippen LogP contribution in [0.1, 0.15) is 24.2 Å². The predicted octanol–water partition coefficient (Wildman–Crippen LogP) is 2.63. The molecule has 1 atom stereocenters. The van der Waals surface area contributed by atoms with E-state index in [0.717, 1.165) is 27.7 Å². The zero-order chi connectivity index (χ0) is 18.7. The summed E-state index contributed by atoms with van der Waals surface area (Å²) in [6, 6.07) is 7.40. The highest BCUT2D eigenvalue weighted by Gasteiger charge is 2.37. The Morgan fingerprint density at radius 2 is 1.92 bits per heavy atom. The number of carbonyl (C=O) groups is 3. The van der Waals surface area contributed by atoms with Gasteiger partial charge in [0.05, 0.1) is 0 Å². The van der Waals surface area contributed by atoms with Crippen LogP contribution in [0.25, 0.3) is 0 Å². The Labute approximate surface area is 162 Å². The minimum atomic E-state index is -0.720. The lowest BCUT2D eigenvalue weighted by molar-refractivity contribution is -0.153. The van der Waals surface area contributed by atoms with Crippen molar-refractivity contribution in [3.8, 4) is 0 Å². The summed E-state index contributed by atoms with van der Waals surface area (Å²) in [6.07, 6.45) is 0.761. The number of piperazine rings is 1. The van der Waals surface area contributed by atoms with E-state index in [2.05, 4.69) is 0 Å². The van der Waals surface area contributed by atoms with Crippen molar-refractivity contribution in [1.29, 1.82) is 0 Å². The number of nitrogens with zero attached hydrogens (tertiary/aromatic N) is 3. The summed E-state index contributed by atoms with van der Waals surface area (Å²) in [4.78, 5) is 41.3. The summed E-state index contributed by atoms with van der Waals surface area (Å²) in [6.45, 7) is 4.06. The molecule has 1 aromatic carbocycles. The van der Waals surface area contributed by atoms with Crippen molar-refractivity contribution < 1.29 is 14.4 Å². The van der Waals surface area contributed by atoms with Gasteiger partial charge in [-0.15, -0.1) is 0 Å². The van der Waals surface area contributed by atoms with Gasteiger partial charge in [0.15, 0.2) is 0 Å². The topological polar surface area (TPSA) is 60.9 Å². The number of benzene rings is 1. The first-order valence-corrected chi connectivity index (χ1v) is 10.2. The summed E-state index contributed by atoms with van der Waals surface area (Å²) >= 11 is 8.07. The molecule has 0 N–H and O–H groups in total. The first-order chi connectivity index (χ1) is 12.5. The van der Waals surface area contributed by atoms with Crippen LogP contribution < -0.4 is 0 Å². The molecular formula is C18H22ClN3O3S. The minimum absolute atomic E-state index is 0.218. The van der Waals surface area contributed by atoms with Gasteiger partial charge in [-0.05, 0) is 25.0 Å². The van der Waals surface area contributed by atoms with E-state index in [-0.39, 0.29) is 17.8 Å². The Bertz CT molecular complexity index is 715. The van der Waals surface area contributed by atoms with Gasteiger partial charge < -0.3 is 9.80 Å². The van der Waals surface area contributed by atoms with Gasteiger partial charge in [-0.3, -0.25) is 14.5 Å². The molecule has 6 nitrogen and oxygen atoms in total. The fourth-order valence-corrected chi connectivity index (χ4v) is 4.88. The third-order valence-corrected chi connectivity index (χ3v) is 6.44.